The summed E-state index contributed by atoms with van der Waals surface area (Å²) >= 11 is 0. The quantitative estimate of drug-likeness (QED) is 0.529. The molecule has 6 nitrogen and oxygen atoms in total. The summed E-state index contributed by atoms with van der Waals surface area (Å²) in [6.45, 7) is 0. The standard InChI is InChI=1S/C26H30N4O2/c1-29(2)22-13-7-19(8-14-22)25(20-9-15-23(16-10-20)30(3)4)28-21-11-5-18(6-12-21)17-24(27)26(31)32/h5-16,24H,17,27H2,1-4H3,(H,31,32)/t24-/m0/s1. The molecule has 166 valence electrons. The van der Waals surface area contributed by atoms with E-state index in [0.29, 0.717) is 0 Å². The van der Waals surface area contributed by atoms with Crippen LogP contribution in [0.15, 0.2) is 77.8 Å². The van der Waals surface area contributed by atoms with Crippen molar-refractivity contribution in [3.8, 4) is 0 Å². The first-order valence-electron chi connectivity index (χ1n) is 10.5. The Morgan fingerprint density at radius 1 is 0.812 bits per heavy atom. The van der Waals surface area contributed by atoms with Crippen LogP contribution in [-0.2, 0) is 11.2 Å². The smallest absolute Gasteiger partial charge is 0.320 e. The minimum atomic E-state index is -1.00. The zero-order chi connectivity index (χ0) is 23.3. The fourth-order valence-corrected chi connectivity index (χ4v) is 3.31. The molecule has 0 aromatic heterocycles. The number of anilines is 2. The summed E-state index contributed by atoms with van der Waals surface area (Å²) in [5.74, 6) is -1.00. The van der Waals surface area contributed by atoms with Crippen molar-refractivity contribution in [3.05, 3.63) is 89.5 Å². The topological polar surface area (TPSA) is 82.2 Å². The molecule has 0 saturated heterocycles. The number of rotatable bonds is 8. The van der Waals surface area contributed by atoms with Gasteiger partial charge in [-0.1, -0.05) is 36.4 Å². The van der Waals surface area contributed by atoms with Crippen LogP contribution in [0.4, 0.5) is 17.1 Å². The SMILES string of the molecule is CN(C)c1ccc(C(=Nc2ccc(C[C@H](N)C(=O)O)cc2)c2ccc(N(C)C)cc2)cc1. The summed E-state index contributed by atoms with van der Waals surface area (Å²) in [4.78, 5) is 20.1. The lowest BCUT2D eigenvalue weighted by Gasteiger charge is -2.15. The molecule has 3 aromatic carbocycles. The number of carbonyl (C=O) groups is 1. The van der Waals surface area contributed by atoms with E-state index in [-0.39, 0.29) is 6.42 Å². The van der Waals surface area contributed by atoms with Crippen LogP contribution in [0.3, 0.4) is 0 Å². The van der Waals surface area contributed by atoms with Gasteiger partial charge in [-0.3, -0.25) is 4.79 Å². The first-order valence-corrected chi connectivity index (χ1v) is 10.5. The monoisotopic (exact) mass is 430 g/mol. The number of carboxylic acid groups (broad SMARTS) is 1. The highest BCUT2D eigenvalue weighted by molar-refractivity contribution is 6.14. The Bertz CT molecular complexity index is 1020. The van der Waals surface area contributed by atoms with Crippen LogP contribution in [0, 0.1) is 0 Å². The van der Waals surface area contributed by atoms with E-state index in [4.69, 9.17) is 15.8 Å². The van der Waals surface area contributed by atoms with Crippen molar-refractivity contribution < 1.29 is 9.90 Å². The lowest BCUT2D eigenvalue weighted by Crippen LogP contribution is -2.32. The van der Waals surface area contributed by atoms with E-state index >= 15 is 0 Å². The summed E-state index contributed by atoms with van der Waals surface area (Å²) in [6.07, 6.45) is 0.282. The molecule has 0 aliphatic heterocycles. The third-order valence-corrected chi connectivity index (χ3v) is 5.26. The van der Waals surface area contributed by atoms with Crippen LogP contribution in [0.1, 0.15) is 16.7 Å². The molecule has 0 bridgehead atoms. The van der Waals surface area contributed by atoms with Crippen LogP contribution in [0.2, 0.25) is 0 Å². The summed E-state index contributed by atoms with van der Waals surface area (Å²) < 4.78 is 0. The molecule has 0 spiro atoms. The predicted octanol–water partition coefficient (Wildman–Crippen LogP) is 3.94. The molecule has 6 heteroatoms. The number of hydrogen-bond donors (Lipinski definition) is 2. The summed E-state index contributed by atoms with van der Waals surface area (Å²) in [5, 5.41) is 9.02. The van der Waals surface area contributed by atoms with Crippen molar-refractivity contribution in [1.82, 2.24) is 0 Å². The number of nitrogens with zero attached hydrogens (tertiary/aromatic N) is 3. The van der Waals surface area contributed by atoms with Crippen molar-refractivity contribution in [1.29, 1.82) is 0 Å². The first kappa shape index (κ1) is 23.0. The lowest BCUT2D eigenvalue weighted by molar-refractivity contribution is -0.138. The van der Waals surface area contributed by atoms with Gasteiger partial charge in [-0.15, -0.1) is 0 Å². The molecule has 0 radical (unpaired) electrons. The molecular formula is C26H30N4O2. The second-order valence-electron chi connectivity index (χ2n) is 8.16. The van der Waals surface area contributed by atoms with Gasteiger partial charge in [0.15, 0.2) is 0 Å². The molecular weight excluding hydrogens is 400 g/mol. The van der Waals surface area contributed by atoms with Crippen LogP contribution in [0.25, 0.3) is 0 Å². The maximum atomic E-state index is 11.0. The van der Waals surface area contributed by atoms with E-state index in [2.05, 4.69) is 58.3 Å². The molecule has 0 aliphatic rings. The highest BCUT2D eigenvalue weighted by Crippen LogP contribution is 2.23. The molecule has 32 heavy (non-hydrogen) atoms. The average Bonchev–Trinajstić information content (AvgIpc) is 2.78. The maximum absolute atomic E-state index is 11.0. The Morgan fingerprint density at radius 3 is 1.62 bits per heavy atom. The van der Waals surface area contributed by atoms with E-state index in [0.717, 1.165) is 39.5 Å². The molecule has 0 saturated carbocycles. The van der Waals surface area contributed by atoms with Crippen molar-refractivity contribution >= 4 is 28.7 Å². The third-order valence-electron chi connectivity index (χ3n) is 5.26. The Balaban J connectivity index is 1.98. The Morgan fingerprint density at radius 2 is 1.25 bits per heavy atom. The highest BCUT2D eigenvalue weighted by Gasteiger charge is 2.12. The highest BCUT2D eigenvalue weighted by atomic mass is 16.4. The molecule has 3 N–H and O–H groups in total. The van der Waals surface area contributed by atoms with Gasteiger partial charge < -0.3 is 20.6 Å². The van der Waals surface area contributed by atoms with E-state index in [1.807, 2.05) is 52.5 Å². The van der Waals surface area contributed by atoms with Crippen molar-refractivity contribution in [2.45, 2.75) is 12.5 Å². The molecule has 0 aliphatic carbocycles. The summed E-state index contributed by atoms with van der Waals surface area (Å²) in [6, 6.07) is 23.3. The fraction of sp³-hybridized carbons (Fsp3) is 0.231. The van der Waals surface area contributed by atoms with Gasteiger partial charge in [0.25, 0.3) is 0 Å². The molecule has 0 amide bonds. The first-order chi connectivity index (χ1) is 15.2. The van der Waals surface area contributed by atoms with Crippen LogP contribution >= 0.6 is 0 Å². The average molecular weight is 431 g/mol. The second-order valence-corrected chi connectivity index (χ2v) is 8.16. The van der Waals surface area contributed by atoms with E-state index in [1.54, 1.807) is 0 Å². The normalized spacial score (nSPS) is 11.5. The van der Waals surface area contributed by atoms with E-state index < -0.39 is 12.0 Å². The number of carboxylic acids is 1. The number of nitrogens with two attached hydrogens (primary N) is 1. The number of benzene rings is 3. The lowest BCUT2D eigenvalue weighted by atomic mass is 10.0. The fourth-order valence-electron chi connectivity index (χ4n) is 3.31. The van der Waals surface area contributed by atoms with Crippen LogP contribution in [0.5, 0.6) is 0 Å². The number of aliphatic imine (C=N–C) groups is 1. The van der Waals surface area contributed by atoms with Gasteiger partial charge in [0.2, 0.25) is 0 Å². The molecule has 1 atom stereocenters. The van der Waals surface area contributed by atoms with Gasteiger partial charge in [0.1, 0.15) is 6.04 Å². The minimum absolute atomic E-state index is 0.282. The van der Waals surface area contributed by atoms with Gasteiger partial charge in [0, 0.05) is 50.7 Å². The molecule has 3 rings (SSSR count). The van der Waals surface area contributed by atoms with Crippen molar-refractivity contribution in [3.63, 3.8) is 0 Å². The molecule has 3 aromatic rings. The third kappa shape index (κ3) is 5.74. The largest absolute Gasteiger partial charge is 0.480 e. The molecule has 0 unspecified atom stereocenters. The predicted molar refractivity (Wildman–Crippen MR) is 133 cm³/mol. The Kier molecular flexibility index (Phi) is 7.28. The summed E-state index contributed by atoms with van der Waals surface area (Å²) in [7, 11) is 8.06. The van der Waals surface area contributed by atoms with Gasteiger partial charge in [0.05, 0.1) is 11.4 Å². The van der Waals surface area contributed by atoms with Gasteiger partial charge in [-0.25, -0.2) is 4.99 Å². The molecule has 0 heterocycles. The Labute approximate surface area is 189 Å². The van der Waals surface area contributed by atoms with Crippen molar-refractivity contribution in [2.24, 2.45) is 10.7 Å². The second kappa shape index (κ2) is 10.1. The van der Waals surface area contributed by atoms with Gasteiger partial charge in [-0.05, 0) is 48.4 Å². The van der Waals surface area contributed by atoms with Gasteiger partial charge in [-0.2, -0.15) is 0 Å². The maximum Gasteiger partial charge on any atom is 0.320 e. The molecule has 0 fully saturated rings. The van der Waals surface area contributed by atoms with Crippen LogP contribution in [-0.4, -0.2) is 51.0 Å². The summed E-state index contributed by atoms with van der Waals surface area (Å²) in [5.41, 5.74) is 12.5. The van der Waals surface area contributed by atoms with Crippen molar-refractivity contribution in [2.75, 3.05) is 38.0 Å². The van der Waals surface area contributed by atoms with Crippen LogP contribution < -0.4 is 15.5 Å². The minimum Gasteiger partial charge on any atom is -0.480 e. The van der Waals surface area contributed by atoms with E-state index in [1.165, 1.54) is 0 Å². The zero-order valence-electron chi connectivity index (χ0n) is 19.0. The Hall–Kier alpha value is -3.64. The zero-order valence-corrected chi connectivity index (χ0v) is 19.0. The number of hydrogen-bond acceptors (Lipinski definition) is 5. The van der Waals surface area contributed by atoms with E-state index in [9.17, 15) is 4.79 Å². The number of aliphatic carboxylic acids is 1. The van der Waals surface area contributed by atoms with Gasteiger partial charge >= 0.3 is 5.97 Å².